The van der Waals surface area contributed by atoms with Crippen LogP contribution in [0.3, 0.4) is 0 Å². The number of rotatable bonds is 2. The van der Waals surface area contributed by atoms with Gasteiger partial charge in [0.05, 0.1) is 17.8 Å². The van der Waals surface area contributed by atoms with E-state index in [1.165, 1.54) is 0 Å². The van der Waals surface area contributed by atoms with Crippen molar-refractivity contribution in [3.63, 3.8) is 0 Å². The fraction of sp³-hybridized carbons (Fsp3) is 0.0667. The molecule has 0 unspecified atom stereocenters. The summed E-state index contributed by atoms with van der Waals surface area (Å²) in [5, 5.41) is 5.20. The molecule has 20 heavy (non-hydrogen) atoms. The summed E-state index contributed by atoms with van der Waals surface area (Å²) in [6, 6.07) is 14.3. The normalized spacial score (nSPS) is 13.8. The zero-order valence-electron chi connectivity index (χ0n) is 10.6. The molecule has 0 radical (unpaired) electrons. The summed E-state index contributed by atoms with van der Waals surface area (Å²) < 4.78 is 5.67. The van der Waals surface area contributed by atoms with Crippen LogP contribution in [0.2, 0.25) is 0 Å². The SMILES string of the molecule is O=C1CNC(=O)c2cc(Oc3ccccc3)ccc2N1. The molecule has 5 heteroatoms. The number of hydrogen-bond acceptors (Lipinski definition) is 3. The van der Waals surface area contributed by atoms with E-state index in [2.05, 4.69) is 10.6 Å². The van der Waals surface area contributed by atoms with Crippen LogP contribution in [-0.2, 0) is 4.79 Å². The highest BCUT2D eigenvalue weighted by Gasteiger charge is 2.19. The molecule has 0 atom stereocenters. The molecule has 1 aliphatic heterocycles. The van der Waals surface area contributed by atoms with Crippen molar-refractivity contribution in [3.8, 4) is 11.5 Å². The average molecular weight is 268 g/mol. The van der Waals surface area contributed by atoms with Gasteiger partial charge in [-0.3, -0.25) is 9.59 Å². The molecular weight excluding hydrogens is 256 g/mol. The van der Waals surface area contributed by atoms with Gasteiger partial charge in [0.2, 0.25) is 5.91 Å². The fourth-order valence-corrected chi connectivity index (χ4v) is 1.96. The zero-order valence-corrected chi connectivity index (χ0v) is 10.6. The Labute approximate surface area is 115 Å². The minimum atomic E-state index is -0.295. The lowest BCUT2D eigenvalue weighted by molar-refractivity contribution is -0.115. The molecule has 2 aromatic rings. The third-order valence-corrected chi connectivity index (χ3v) is 2.90. The van der Waals surface area contributed by atoms with E-state index in [0.717, 1.165) is 0 Å². The Bertz CT molecular complexity index is 668. The first-order chi connectivity index (χ1) is 9.72. The second-order valence-corrected chi connectivity index (χ2v) is 4.35. The molecule has 0 bridgehead atoms. The molecule has 3 rings (SSSR count). The minimum Gasteiger partial charge on any atom is -0.457 e. The first kappa shape index (κ1) is 12.2. The monoisotopic (exact) mass is 268 g/mol. The first-order valence-corrected chi connectivity index (χ1v) is 6.17. The summed E-state index contributed by atoms with van der Waals surface area (Å²) in [4.78, 5) is 23.3. The molecule has 0 fully saturated rings. The second kappa shape index (κ2) is 5.05. The van der Waals surface area contributed by atoms with E-state index in [0.29, 0.717) is 22.7 Å². The van der Waals surface area contributed by atoms with Crippen molar-refractivity contribution < 1.29 is 14.3 Å². The molecule has 0 saturated carbocycles. The lowest BCUT2D eigenvalue weighted by Crippen LogP contribution is -2.28. The summed E-state index contributed by atoms with van der Waals surface area (Å²) in [5.74, 6) is 0.692. The highest BCUT2D eigenvalue weighted by Crippen LogP contribution is 2.27. The lowest BCUT2D eigenvalue weighted by Gasteiger charge is -2.09. The number of carbonyl (C=O) groups excluding carboxylic acids is 2. The number of para-hydroxylation sites is 1. The number of hydrogen-bond donors (Lipinski definition) is 2. The fourth-order valence-electron chi connectivity index (χ4n) is 1.96. The van der Waals surface area contributed by atoms with Gasteiger partial charge in [0.15, 0.2) is 0 Å². The van der Waals surface area contributed by atoms with Gasteiger partial charge in [-0.15, -0.1) is 0 Å². The number of ether oxygens (including phenoxy) is 1. The van der Waals surface area contributed by atoms with Crippen LogP contribution in [0.15, 0.2) is 48.5 Å². The van der Waals surface area contributed by atoms with Crippen molar-refractivity contribution in [1.82, 2.24) is 5.32 Å². The highest BCUT2D eigenvalue weighted by molar-refractivity contribution is 6.08. The van der Waals surface area contributed by atoms with Crippen LogP contribution in [0.5, 0.6) is 11.5 Å². The van der Waals surface area contributed by atoms with Crippen LogP contribution in [0.25, 0.3) is 0 Å². The van der Waals surface area contributed by atoms with E-state index in [1.807, 2.05) is 30.3 Å². The molecule has 0 aliphatic carbocycles. The van der Waals surface area contributed by atoms with Crippen molar-refractivity contribution >= 4 is 17.5 Å². The molecule has 0 aromatic heterocycles. The quantitative estimate of drug-likeness (QED) is 0.877. The van der Waals surface area contributed by atoms with Crippen molar-refractivity contribution in [2.24, 2.45) is 0 Å². The van der Waals surface area contributed by atoms with Gasteiger partial charge in [0.25, 0.3) is 5.91 Å². The third-order valence-electron chi connectivity index (χ3n) is 2.90. The van der Waals surface area contributed by atoms with Crippen LogP contribution in [-0.4, -0.2) is 18.4 Å². The number of nitrogens with one attached hydrogen (secondary N) is 2. The maximum absolute atomic E-state index is 11.9. The lowest BCUT2D eigenvalue weighted by atomic mass is 10.1. The molecular formula is C15H12N2O3. The smallest absolute Gasteiger partial charge is 0.253 e. The Morgan fingerprint density at radius 1 is 0.950 bits per heavy atom. The Morgan fingerprint density at radius 2 is 1.75 bits per heavy atom. The van der Waals surface area contributed by atoms with Gasteiger partial charge in [0, 0.05) is 0 Å². The minimum absolute atomic E-state index is 0.0254. The molecule has 0 spiro atoms. The van der Waals surface area contributed by atoms with Crippen LogP contribution < -0.4 is 15.4 Å². The molecule has 1 aliphatic rings. The van der Waals surface area contributed by atoms with Crippen molar-refractivity contribution in [3.05, 3.63) is 54.1 Å². The molecule has 5 nitrogen and oxygen atoms in total. The van der Waals surface area contributed by atoms with Crippen LogP contribution in [0.4, 0.5) is 5.69 Å². The maximum Gasteiger partial charge on any atom is 0.253 e. The summed E-state index contributed by atoms with van der Waals surface area (Å²) in [6.07, 6.45) is 0. The maximum atomic E-state index is 11.9. The average Bonchev–Trinajstić information content (AvgIpc) is 2.60. The number of carbonyl (C=O) groups is 2. The Kier molecular flexibility index (Phi) is 3.09. The molecule has 0 saturated heterocycles. The molecule has 2 N–H and O–H groups in total. The number of amides is 2. The summed E-state index contributed by atoms with van der Waals surface area (Å²) in [7, 11) is 0. The van der Waals surface area contributed by atoms with Gasteiger partial charge in [-0.1, -0.05) is 18.2 Å². The van der Waals surface area contributed by atoms with E-state index < -0.39 is 0 Å². The Morgan fingerprint density at radius 3 is 2.55 bits per heavy atom. The van der Waals surface area contributed by atoms with Crippen molar-refractivity contribution in [2.75, 3.05) is 11.9 Å². The van der Waals surface area contributed by atoms with Gasteiger partial charge in [-0.05, 0) is 30.3 Å². The Hall–Kier alpha value is -2.82. The zero-order chi connectivity index (χ0) is 13.9. The predicted octanol–water partition coefficient (Wildman–Crippen LogP) is 2.16. The summed E-state index contributed by atoms with van der Waals surface area (Å²) >= 11 is 0. The standard InChI is InChI=1S/C15H12N2O3/c18-14-9-16-15(19)12-8-11(6-7-13(12)17-14)20-10-4-2-1-3-5-10/h1-8H,9H2,(H,16,19)(H,17,18). The van der Waals surface area contributed by atoms with Crippen molar-refractivity contribution in [2.45, 2.75) is 0 Å². The van der Waals surface area contributed by atoms with E-state index in [1.54, 1.807) is 18.2 Å². The van der Waals surface area contributed by atoms with Gasteiger partial charge in [-0.25, -0.2) is 0 Å². The molecule has 100 valence electrons. The van der Waals surface area contributed by atoms with E-state index in [9.17, 15) is 9.59 Å². The van der Waals surface area contributed by atoms with Crippen LogP contribution in [0.1, 0.15) is 10.4 Å². The highest BCUT2D eigenvalue weighted by atomic mass is 16.5. The Balaban J connectivity index is 1.92. The van der Waals surface area contributed by atoms with Crippen molar-refractivity contribution in [1.29, 1.82) is 0 Å². The number of benzene rings is 2. The van der Waals surface area contributed by atoms with Gasteiger partial charge in [0.1, 0.15) is 11.5 Å². The van der Waals surface area contributed by atoms with Gasteiger partial charge >= 0.3 is 0 Å². The summed E-state index contributed by atoms with van der Waals surface area (Å²) in [5.41, 5.74) is 0.884. The van der Waals surface area contributed by atoms with Crippen LogP contribution >= 0.6 is 0 Å². The largest absolute Gasteiger partial charge is 0.457 e. The molecule has 2 amide bonds. The second-order valence-electron chi connectivity index (χ2n) is 4.35. The van der Waals surface area contributed by atoms with E-state index in [-0.39, 0.29) is 18.4 Å². The third kappa shape index (κ3) is 2.47. The van der Waals surface area contributed by atoms with E-state index in [4.69, 9.17) is 4.74 Å². The van der Waals surface area contributed by atoms with E-state index >= 15 is 0 Å². The van der Waals surface area contributed by atoms with Gasteiger partial charge in [-0.2, -0.15) is 0 Å². The molecule has 1 heterocycles. The molecule has 2 aromatic carbocycles. The number of anilines is 1. The van der Waals surface area contributed by atoms with Crippen LogP contribution in [0, 0.1) is 0 Å². The first-order valence-electron chi connectivity index (χ1n) is 6.17. The summed E-state index contributed by atoms with van der Waals surface area (Å²) in [6.45, 7) is -0.0254. The van der Waals surface area contributed by atoms with Gasteiger partial charge < -0.3 is 15.4 Å². The topological polar surface area (TPSA) is 67.4 Å². The predicted molar refractivity (Wildman–Crippen MR) is 73.9 cm³/mol. The number of fused-ring (bicyclic) bond motifs is 1.